The Balaban J connectivity index is 1.56. The quantitative estimate of drug-likeness (QED) is 0.571. The summed E-state index contributed by atoms with van der Waals surface area (Å²) in [6, 6.07) is 5.95. The molecule has 0 unspecified atom stereocenters. The van der Waals surface area contributed by atoms with E-state index in [1.807, 2.05) is 6.07 Å². The molecule has 3 amide bonds. The molecule has 2 aromatic rings. The summed E-state index contributed by atoms with van der Waals surface area (Å²) < 4.78 is 45.9. The van der Waals surface area contributed by atoms with Gasteiger partial charge in [-0.05, 0) is 37.5 Å². The molecule has 186 valence electrons. The van der Waals surface area contributed by atoms with Crippen molar-refractivity contribution in [3.63, 3.8) is 0 Å². The van der Waals surface area contributed by atoms with E-state index in [1.54, 1.807) is 18.2 Å². The lowest BCUT2D eigenvalue weighted by Crippen LogP contribution is -2.49. The van der Waals surface area contributed by atoms with Crippen molar-refractivity contribution in [3.05, 3.63) is 30.0 Å². The first-order valence-electron chi connectivity index (χ1n) is 11.1. The van der Waals surface area contributed by atoms with Crippen LogP contribution in [0.5, 0.6) is 5.75 Å². The Kier molecular flexibility index (Phi) is 6.60. The van der Waals surface area contributed by atoms with Crippen molar-refractivity contribution < 1.29 is 32.3 Å². The number of likely N-dealkylation sites (tertiary alicyclic amines) is 1. The molecule has 1 aromatic heterocycles. The molecular weight excluding hydrogens is 467 g/mol. The normalized spacial score (nSPS) is 23.1. The molecule has 4 atom stereocenters. The highest BCUT2D eigenvalue weighted by molar-refractivity contribution is 6.01. The third kappa shape index (κ3) is 4.89. The monoisotopic (exact) mass is 491 g/mol. The number of alkyl halides is 3. The van der Waals surface area contributed by atoms with Crippen molar-refractivity contribution in [1.82, 2.24) is 20.5 Å². The van der Waals surface area contributed by atoms with Gasteiger partial charge in [-0.25, -0.2) is 0 Å². The second-order valence-electron chi connectivity index (χ2n) is 8.75. The SMILES string of the molecule is COc1cccc2[nH]c(C(=O)N3C[C@H](C(F)(F)F)C[C@H]3C(=O)N[C@H](C#N)C[C@@H]3CCNC3=O)cc12. The maximum Gasteiger partial charge on any atom is 0.393 e. The minimum atomic E-state index is -4.60. The van der Waals surface area contributed by atoms with Crippen LogP contribution in [0.2, 0.25) is 0 Å². The average molecular weight is 491 g/mol. The number of aromatic nitrogens is 1. The molecule has 12 heteroatoms. The number of H-pyrrole nitrogens is 1. The lowest BCUT2D eigenvalue weighted by Gasteiger charge is -2.25. The van der Waals surface area contributed by atoms with Gasteiger partial charge < -0.3 is 25.3 Å². The number of carbonyl (C=O) groups is 3. The van der Waals surface area contributed by atoms with Gasteiger partial charge in [0.05, 0.1) is 19.1 Å². The Labute approximate surface area is 198 Å². The van der Waals surface area contributed by atoms with Crippen LogP contribution in [0.25, 0.3) is 10.9 Å². The second kappa shape index (κ2) is 9.48. The van der Waals surface area contributed by atoms with Gasteiger partial charge >= 0.3 is 6.18 Å². The number of hydrogen-bond acceptors (Lipinski definition) is 5. The molecule has 4 rings (SSSR count). The summed E-state index contributed by atoms with van der Waals surface area (Å²) in [5.74, 6) is -3.73. The molecule has 2 aliphatic heterocycles. The van der Waals surface area contributed by atoms with Crippen molar-refractivity contribution in [2.24, 2.45) is 11.8 Å². The zero-order chi connectivity index (χ0) is 25.3. The van der Waals surface area contributed by atoms with Crippen LogP contribution in [0.15, 0.2) is 24.3 Å². The lowest BCUT2D eigenvalue weighted by atomic mass is 9.98. The second-order valence-corrected chi connectivity index (χ2v) is 8.75. The van der Waals surface area contributed by atoms with Crippen LogP contribution >= 0.6 is 0 Å². The van der Waals surface area contributed by atoms with Crippen LogP contribution in [-0.4, -0.2) is 66.1 Å². The number of nitrogens with zero attached hydrogens (tertiary/aromatic N) is 2. The van der Waals surface area contributed by atoms with Crippen molar-refractivity contribution in [2.75, 3.05) is 20.2 Å². The minimum Gasteiger partial charge on any atom is -0.496 e. The first kappa shape index (κ1) is 24.4. The molecule has 0 radical (unpaired) electrons. The Bertz CT molecular complexity index is 1190. The number of nitrogens with one attached hydrogen (secondary N) is 3. The molecule has 0 saturated carbocycles. The van der Waals surface area contributed by atoms with Gasteiger partial charge in [-0.2, -0.15) is 18.4 Å². The van der Waals surface area contributed by atoms with Gasteiger partial charge in [0.25, 0.3) is 5.91 Å². The molecule has 2 saturated heterocycles. The fourth-order valence-electron chi connectivity index (χ4n) is 4.69. The predicted molar refractivity (Wildman–Crippen MR) is 117 cm³/mol. The van der Waals surface area contributed by atoms with Gasteiger partial charge in [-0.15, -0.1) is 0 Å². The first-order valence-corrected chi connectivity index (χ1v) is 11.1. The topological polar surface area (TPSA) is 127 Å². The average Bonchev–Trinajstić information content (AvgIpc) is 3.55. The zero-order valence-corrected chi connectivity index (χ0v) is 18.8. The van der Waals surface area contributed by atoms with E-state index in [1.165, 1.54) is 13.2 Å². The number of rotatable bonds is 6. The third-order valence-electron chi connectivity index (χ3n) is 6.56. The lowest BCUT2D eigenvalue weighted by molar-refractivity contribution is -0.170. The van der Waals surface area contributed by atoms with Crippen molar-refractivity contribution in [2.45, 2.75) is 37.5 Å². The van der Waals surface area contributed by atoms with E-state index in [4.69, 9.17) is 4.74 Å². The molecule has 3 heterocycles. The minimum absolute atomic E-state index is 0.0181. The van der Waals surface area contributed by atoms with E-state index in [0.29, 0.717) is 29.6 Å². The Morgan fingerprint density at radius 2 is 2.14 bits per heavy atom. The van der Waals surface area contributed by atoms with Crippen LogP contribution in [0.1, 0.15) is 29.8 Å². The molecule has 9 nitrogen and oxygen atoms in total. The van der Waals surface area contributed by atoms with Crippen LogP contribution in [0.3, 0.4) is 0 Å². The summed E-state index contributed by atoms with van der Waals surface area (Å²) >= 11 is 0. The zero-order valence-electron chi connectivity index (χ0n) is 18.8. The largest absolute Gasteiger partial charge is 0.496 e. The predicted octanol–water partition coefficient (Wildman–Crippen LogP) is 2.10. The maximum atomic E-state index is 13.6. The van der Waals surface area contributed by atoms with E-state index < -0.39 is 54.9 Å². The smallest absolute Gasteiger partial charge is 0.393 e. The molecule has 0 aliphatic carbocycles. The van der Waals surface area contributed by atoms with Gasteiger partial charge in [0, 0.05) is 29.9 Å². The van der Waals surface area contributed by atoms with Gasteiger partial charge in [0.15, 0.2) is 0 Å². The van der Waals surface area contributed by atoms with Crippen molar-refractivity contribution in [1.29, 1.82) is 5.26 Å². The van der Waals surface area contributed by atoms with Crippen LogP contribution in [0.4, 0.5) is 13.2 Å². The molecular formula is C23H24F3N5O4. The molecule has 0 spiro atoms. The van der Waals surface area contributed by atoms with Crippen LogP contribution in [-0.2, 0) is 9.59 Å². The number of aromatic amines is 1. The van der Waals surface area contributed by atoms with Gasteiger partial charge in [-0.1, -0.05) is 6.07 Å². The number of hydrogen-bond donors (Lipinski definition) is 3. The first-order chi connectivity index (χ1) is 16.6. The van der Waals surface area contributed by atoms with Crippen LogP contribution < -0.4 is 15.4 Å². The van der Waals surface area contributed by atoms with E-state index in [-0.39, 0.29) is 18.0 Å². The Morgan fingerprint density at radius 1 is 1.37 bits per heavy atom. The van der Waals surface area contributed by atoms with Gasteiger partial charge in [0.2, 0.25) is 11.8 Å². The highest BCUT2D eigenvalue weighted by Crippen LogP contribution is 2.38. The molecule has 2 aliphatic rings. The number of amides is 3. The maximum absolute atomic E-state index is 13.6. The number of halogens is 3. The third-order valence-corrected chi connectivity index (χ3v) is 6.56. The van der Waals surface area contributed by atoms with E-state index in [0.717, 1.165) is 4.90 Å². The fourth-order valence-corrected chi connectivity index (χ4v) is 4.69. The molecule has 3 N–H and O–H groups in total. The van der Waals surface area contributed by atoms with Crippen molar-refractivity contribution in [3.8, 4) is 11.8 Å². The summed E-state index contributed by atoms with van der Waals surface area (Å²) in [6.07, 6.45) is -4.68. The summed E-state index contributed by atoms with van der Waals surface area (Å²) in [5.41, 5.74) is 0.573. The molecule has 2 fully saturated rings. The summed E-state index contributed by atoms with van der Waals surface area (Å²) in [6.45, 7) is -0.224. The van der Waals surface area contributed by atoms with E-state index >= 15 is 0 Å². The molecule has 1 aromatic carbocycles. The number of nitriles is 1. The summed E-state index contributed by atoms with van der Waals surface area (Å²) in [4.78, 5) is 41.9. The highest BCUT2D eigenvalue weighted by Gasteiger charge is 2.51. The standard InChI is InChI=1S/C23H24F3N5O4/c1-35-19-4-2-3-16-15(19)9-17(30-16)22(34)31-11-13(23(24,25)26)8-18(31)21(33)29-14(10-27)7-12-5-6-28-20(12)32/h2-4,9,12-14,18,30H,5-8,11H2,1H3,(H,28,32)(H,29,33)/t12-,13+,14-,18-/m0/s1. The summed E-state index contributed by atoms with van der Waals surface area (Å²) in [5, 5.41) is 15.1. The Hall–Kier alpha value is -3.75. The number of methoxy groups -OCH3 is 1. The van der Waals surface area contributed by atoms with Crippen molar-refractivity contribution >= 4 is 28.6 Å². The number of fused-ring (bicyclic) bond motifs is 1. The van der Waals surface area contributed by atoms with E-state index in [2.05, 4.69) is 15.6 Å². The number of ether oxygens (including phenoxy) is 1. The number of benzene rings is 1. The Morgan fingerprint density at radius 3 is 2.77 bits per heavy atom. The fraction of sp³-hybridized carbons (Fsp3) is 0.478. The highest BCUT2D eigenvalue weighted by atomic mass is 19.4. The number of carbonyl (C=O) groups excluding carboxylic acids is 3. The van der Waals surface area contributed by atoms with E-state index in [9.17, 15) is 32.8 Å². The molecule has 0 bridgehead atoms. The summed E-state index contributed by atoms with van der Waals surface area (Å²) in [7, 11) is 1.46. The molecule has 35 heavy (non-hydrogen) atoms. The van der Waals surface area contributed by atoms with Gasteiger partial charge in [0.1, 0.15) is 23.5 Å². The van der Waals surface area contributed by atoms with Crippen LogP contribution in [0, 0.1) is 23.2 Å². The van der Waals surface area contributed by atoms with Gasteiger partial charge in [-0.3, -0.25) is 14.4 Å².